The molecule has 3 nitrogen and oxygen atoms in total. The van der Waals surface area contributed by atoms with Gasteiger partial charge in [-0.1, -0.05) is 11.6 Å². The van der Waals surface area contributed by atoms with Gasteiger partial charge in [-0.3, -0.25) is 4.79 Å². The SMILES string of the molecule is CC(C)=CCC(C(=O)O)C(C)(C)O. The van der Waals surface area contributed by atoms with Crippen molar-refractivity contribution in [3.8, 4) is 0 Å². The molecule has 1 atom stereocenters. The smallest absolute Gasteiger partial charge is 0.309 e. The summed E-state index contributed by atoms with van der Waals surface area (Å²) in [5, 5.41) is 18.4. The Morgan fingerprint density at radius 1 is 1.46 bits per heavy atom. The monoisotopic (exact) mass is 186 g/mol. The Hall–Kier alpha value is -0.830. The van der Waals surface area contributed by atoms with E-state index in [2.05, 4.69) is 0 Å². The molecule has 0 aromatic rings. The number of carbonyl (C=O) groups is 1. The highest BCUT2D eigenvalue weighted by molar-refractivity contribution is 5.71. The van der Waals surface area contributed by atoms with Gasteiger partial charge in [0.1, 0.15) is 0 Å². The molecule has 0 aliphatic carbocycles. The van der Waals surface area contributed by atoms with Gasteiger partial charge in [0.25, 0.3) is 0 Å². The second kappa shape index (κ2) is 4.42. The van der Waals surface area contributed by atoms with E-state index in [4.69, 9.17) is 5.11 Å². The number of aliphatic hydroxyl groups is 1. The number of carboxylic acids is 1. The van der Waals surface area contributed by atoms with Gasteiger partial charge in [0.05, 0.1) is 11.5 Å². The summed E-state index contributed by atoms with van der Waals surface area (Å²) in [6, 6.07) is 0. The summed E-state index contributed by atoms with van der Waals surface area (Å²) in [5.74, 6) is -1.69. The van der Waals surface area contributed by atoms with Gasteiger partial charge < -0.3 is 10.2 Å². The third kappa shape index (κ3) is 4.68. The van der Waals surface area contributed by atoms with Crippen LogP contribution in [-0.2, 0) is 4.79 Å². The zero-order valence-electron chi connectivity index (χ0n) is 8.66. The van der Waals surface area contributed by atoms with Crippen LogP contribution in [-0.4, -0.2) is 21.8 Å². The summed E-state index contributed by atoms with van der Waals surface area (Å²) < 4.78 is 0. The molecule has 76 valence electrons. The Balaban J connectivity index is 4.47. The Kier molecular flexibility index (Phi) is 4.14. The van der Waals surface area contributed by atoms with Crippen LogP contribution in [0.15, 0.2) is 11.6 Å². The number of aliphatic carboxylic acids is 1. The van der Waals surface area contributed by atoms with Crippen molar-refractivity contribution in [3.63, 3.8) is 0 Å². The quantitative estimate of drug-likeness (QED) is 0.658. The molecule has 0 bridgehead atoms. The number of allylic oxidation sites excluding steroid dienone is 2. The second-order valence-electron chi connectivity index (χ2n) is 4.06. The molecular formula is C10H18O3. The molecule has 3 heteroatoms. The van der Waals surface area contributed by atoms with Crippen LogP contribution >= 0.6 is 0 Å². The van der Waals surface area contributed by atoms with Crippen molar-refractivity contribution < 1.29 is 15.0 Å². The highest BCUT2D eigenvalue weighted by Crippen LogP contribution is 2.21. The van der Waals surface area contributed by atoms with E-state index in [1.807, 2.05) is 19.9 Å². The highest BCUT2D eigenvalue weighted by atomic mass is 16.4. The molecule has 0 saturated heterocycles. The van der Waals surface area contributed by atoms with Crippen molar-refractivity contribution in [1.29, 1.82) is 0 Å². The molecule has 0 heterocycles. The fraction of sp³-hybridized carbons (Fsp3) is 0.700. The van der Waals surface area contributed by atoms with E-state index < -0.39 is 17.5 Å². The maximum Gasteiger partial charge on any atom is 0.309 e. The van der Waals surface area contributed by atoms with E-state index in [0.717, 1.165) is 5.57 Å². The molecular weight excluding hydrogens is 168 g/mol. The average molecular weight is 186 g/mol. The predicted molar refractivity (Wildman–Crippen MR) is 51.5 cm³/mol. The van der Waals surface area contributed by atoms with E-state index >= 15 is 0 Å². The van der Waals surface area contributed by atoms with Gasteiger partial charge in [0, 0.05) is 0 Å². The van der Waals surface area contributed by atoms with Crippen molar-refractivity contribution in [2.24, 2.45) is 5.92 Å². The Bertz CT molecular complexity index is 207. The lowest BCUT2D eigenvalue weighted by molar-refractivity contribution is -0.149. The zero-order chi connectivity index (χ0) is 10.6. The number of carboxylic acid groups (broad SMARTS) is 1. The fourth-order valence-corrected chi connectivity index (χ4v) is 1.04. The first-order valence-corrected chi connectivity index (χ1v) is 4.33. The van der Waals surface area contributed by atoms with Crippen molar-refractivity contribution in [2.75, 3.05) is 0 Å². The molecule has 0 radical (unpaired) electrons. The van der Waals surface area contributed by atoms with E-state index in [1.165, 1.54) is 13.8 Å². The molecule has 0 aliphatic heterocycles. The maximum atomic E-state index is 10.8. The third-order valence-corrected chi connectivity index (χ3v) is 1.91. The van der Waals surface area contributed by atoms with Crippen LogP contribution in [0.4, 0.5) is 0 Å². The van der Waals surface area contributed by atoms with Crippen LogP contribution < -0.4 is 0 Å². The Morgan fingerprint density at radius 2 is 1.92 bits per heavy atom. The molecule has 1 unspecified atom stereocenters. The maximum absolute atomic E-state index is 10.8. The van der Waals surface area contributed by atoms with Crippen molar-refractivity contribution in [2.45, 2.75) is 39.7 Å². The van der Waals surface area contributed by atoms with Crippen molar-refractivity contribution in [3.05, 3.63) is 11.6 Å². The minimum absolute atomic E-state index is 0.376. The molecule has 0 aliphatic rings. The van der Waals surface area contributed by atoms with Gasteiger partial charge >= 0.3 is 5.97 Å². The zero-order valence-corrected chi connectivity index (χ0v) is 8.66. The van der Waals surface area contributed by atoms with Gasteiger partial charge in [-0.25, -0.2) is 0 Å². The first kappa shape index (κ1) is 12.2. The molecule has 0 saturated carbocycles. The molecule has 0 spiro atoms. The number of hydrogen-bond donors (Lipinski definition) is 2. The van der Waals surface area contributed by atoms with E-state index in [9.17, 15) is 9.90 Å². The molecule has 0 aromatic heterocycles. The topological polar surface area (TPSA) is 57.5 Å². The van der Waals surface area contributed by atoms with Crippen molar-refractivity contribution in [1.82, 2.24) is 0 Å². The summed E-state index contributed by atoms with van der Waals surface area (Å²) in [6.45, 7) is 6.85. The summed E-state index contributed by atoms with van der Waals surface area (Å²) in [6.07, 6.45) is 2.21. The summed E-state index contributed by atoms with van der Waals surface area (Å²) in [5.41, 5.74) is -0.104. The van der Waals surface area contributed by atoms with Gasteiger partial charge in [-0.15, -0.1) is 0 Å². The minimum atomic E-state index is -1.17. The summed E-state index contributed by atoms with van der Waals surface area (Å²) in [4.78, 5) is 10.8. The van der Waals surface area contributed by atoms with Crippen LogP contribution in [0, 0.1) is 5.92 Å². The van der Waals surface area contributed by atoms with E-state index in [1.54, 1.807) is 0 Å². The van der Waals surface area contributed by atoms with Crippen LogP contribution in [0.3, 0.4) is 0 Å². The Morgan fingerprint density at radius 3 is 2.15 bits per heavy atom. The Labute approximate surface area is 79.1 Å². The number of rotatable bonds is 4. The fourth-order valence-electron chi connectivity index (χ4n) is 1.04. The highest BCUT2D eigenvalue weighted by Gasteiger charge is 2.31. The molecule has 0 rings (SSSR count). The second-order valence-corrected chi connectivity index (χ2v) is 4.06. The van der Waals surface area contributed by atoms with Gasteiger partial charge in [0.15, 0.2) is 0 Å². The summed E-state index contributed by atoms with van der Waals surface area (Å²) >= 11 is 0. The third-order valence-electron chi connectivity index (χ3n) is 1.91. The molecule has 13 heavy (non-hydrogen) atoms. The van der Waals surface area contributed by atoms with Gasteiger partial charge in [0.2, 0.25) is 0 Å². The normalized spacial score (nSPS) is 13.6. The molecule has 0 aromatic carbocycles. The number of hydrogen-bond acceptors (Lipinski definition) is 2. The lowest BCUT2D eigenvalue weighted by Gasteiger charge is -2.24. The first-order chi connectivity index (χ1) is 5.75. The molecule has 0 amide bonds. The first-order valence-electron chi connectivity index (χ1n) is 4.33. The summed E-state index contributed by atoms with van der Waals surface area (Å²) in [7, 11) is 0. The minimum Gasteiger partial charge on any atom is -0.481 e. The van der Waals surface area contributed by atoms with Crippen molar-refractivity contribution >= 4 is 5.97 Å². The molecule has 0 fully saturated rings. The van der Waals surface area contributed by atoms with Gasteiger partial charge in [-0.05, 0) is 34.1 Å². The standard InChI is InChI=1S/C10H18O3/c1-7(2)5-6-8(9(11)12)10(3,4)13/h5,8,13H,6H2,1-4H3,(H,11,12). The van der Waals surface area contributed by atoms with Gasteiger partial charge in [-0.2, -0.15) is 0 Å². The molecule has 2 N–H and O–H groups in total. The average Bonchev–Trinajstić information content (AvgIpc) is 1.81. The predicted octanol–water partition coefficient (Wildman–Crippen LogP) is 1.81. The largest absolute Gasteiger partial charge is 0.481 e. The van der Waals surface area contributed by atoms with E-state index in [0.29, 0.717) is 6.42 Å². The van der Waals surface area contributed by atoms with E-state index in [-0.39, 0.29) is 0 Å². The van der Waals surface area contributed by atoms with Crippen LogP contribution in [0.25, 0.3) is 0 Å². The lowest BCUT2D eigenvalue weighted by atomic mass is 9.88. The van der Waals surface area contributed by atoms with Crippen LogP contribution in [0.1, 0.15) is 34.1 Å². The van der Waals surface area contributed by atoms with Crippen LogP contribution in [0.5, 0.6) is 0 Å². The van der Waals surface area contributed by atoms with Crippen LogP contribution in [0.2, 0.25) is 0 Å². The lowest BCUT2D eigenvalue weighted by Crippen LogP contribution is -2.36.